The summed E-state index contributed by atoms with van der Waals surface area (Å²) < 4.78 is 5.13. The van der Waals surface area contributed by atoms with Gasteiger partial charge in [-0.3, -0.25) is 4.90 Å². The molecule has 0 atom stereocenters. The average molecular weight is 202 g/mol. The zero-order valence-corrected chi connectivity index (χ0v) is 10.2. The van der Waals surface area contributed by atoms with Crippen LogP contribution in [0.4, 0.5) is 0 Å². The van der Waals surface area contributed by atoms with Crippen LogP contribution in [-0.4, -0.2) is 51.3 Å². The van der Waals surface area contributed by atoms with E-state index in [4.69, 9.17) is 4.74 Å². The van der Waals surface area contributed by atoms with Crippen molar-refractivity contribution in [3.8, 4) is 0 Å². The van der Waals surface area contributed by atoms with Crippen LogP contribution >= 0.6 is 0 Å². The van der Waals surface area contributed by atoms with E-state index in [0.29, 0.717) is 6.04 Å². The van der Waals surface area contributed by atoms with Crippen molar-refractivity contribution in [2.45, 2.75) is 32.7 Å². The molecule has 0 bridgehead atoms. The van der Waals surface area contributed by atoms with Gasteiger partial charge in [-0.05, 0) is 19.9 Å². The molecule has 0 amide bonds. The van der Waals surface area contributed by atoms with Crippen LogP contribution < -0.4 is 5.32 Å². The van der Waals surface area contributed by atoms with E-state index in [9.17, 15) is 0 Å². The maximum Gasteiger partial charge on any atom is 0.0589 e. The van der Waals surface area contributed by atoms with Crippen molar-refractivity contribution >= 4 is 0 Å². The normalized spacial score (nSPS) is 11.6. The Kier molecular flexibility index (Phi) is 9.35. The van der Waals surface area contributed by atoms with Gasteiger partial charge in [-0.2, -0.15) is 0 Å². The Balaban J connectivity index is 3.92. The fraction of sp³-hybridized carbons (Fsp3) is 1.00. The van der Waals surface area contributed by atoms with Crippen LogP contribution in [0.1, 0.15) is 26.7 Å². The van der Waals surface area contributed by atoms with Crippen molar-refractivity contribution in [1.29, 1.82) is 0 Å². The van der Waals surface area contributed by atoms with Crippen LogP contribution in [0, 0.1) is 0 Å². The van der Waals surface area contributed by atoms with Gasteiger partial charge in [-0.25, -0.2) is 0 Å². The Hall–Kier alpha value is -0.120. The first-order valence-corrected chi connectivity index (χ1v) is 5.67. The lowest BCUT2D eigenvalue weighted by Gasteiger charge is -2.30. The summed E-state index contributed by atoms with van der Waals surface area (Å²) in [5.74, 6) is 0. The number of likely N-dealkylation sites (N-methyl/N-ethyl adjacent to an activating group) is 1. The fourth-order valence-corrected chi connectivity index (χ4v) is 1.75. The van der Waals surface area contributed by atoms with Crippen molar-refractivity contribution in [2.24, 2.45) is 0 Å². The number of nitrogens with zero attached hydrogens (tertiary/aromatic N) is 1. The SMILES string of the molecule is CCC(CC)N(CCNC)CCOC. The summed E-state index contributed by atoms with van der Waals surface area (Å²) >= 11 is 0. The molecule has 3 nitrogen and oxygen atoms in total. The molecule has 0 aromatic rings. The first-order valence-electron chi connectivity index (χ1n) is 5.67. The highest BCUT2D eigenvalue weighted by Crippen LogP contribution is 2.07. The first-order chi connectivity index (χ1) is 6.79. The fourth-order valence-electron chi connectivity index (χ4n) is 1.75. The van der Waals surface area contributed by atoms with Crippen molar-refractivity contribution in [2.75, 3.05) is 40.4 Å². The lowest BCUT2D eigenvalue weighted by Crippen LogP contribution is -2.40. The third kappa shape index (κ3) is 5.58. The van der Waals surface area contributed by atoms with Gasteiger partial charge in [0, 0.05) is 32.8 Å². The van der Waals surface area contributed by atoms with Crippen molar-refractivity contribution < 1.29 is 4.74 Å². The van der Waals surface area contributed by atoms with E-state index in [1.54, 1.807) is 7.11 Å². The molecule has 0 aliphatic rings. The molecular formula is C11H26N2O. The lowest BCUT2D eigenvalue weighted by molar-refractivity contribution is 0.116. The number of hydrogen-bond acceptors (Lipinski definition) is 3. The van der Waals surface area contributed by atoms with E-state index in [-0.39, 0.29) is 0 Å². The third-order valence-electron chi connectivity index (χ3n) is 2.69. The summed E-state index contributed by atoms with van der Waals surface area (Å²) in [5, 5.41) is 3.20. The van der Waals surface area contributed by atoms with E-state index >= 15 is 0 Å². The molecule has 0 aromatic carbocycles. The van der Waals surface area contributed by atoms with E-state index in [1.807, 2.05) is 7.05 Å². The Bertz CT molecular complexity index is 108. The molecule has 0 aliphatic carbocycles. The zero-order chi connectivity index (χ0) is 10.8. The number of hydrogen-bond donors (Lipinski definition) is 1. The largest absolute Gasteiger partial charge is 0.383 e. The Labute approximate surface area is 88.8 Å². The molecule has 0 unspecified atom stereocenters. The van der Waals surface area contributed by atoms with Crippen molar-refractivity contribution in [3.05, 3.63) is 0 Å². The minimum atomic E-state index is 0.707. The van der Waals surface area contributed by atoms with E-state index in [0.717, 1.165) is 26.2 Å². The summed E-state index contributed by atoms with van der Waals surface area (Å²) in [7, 11) is 3.77. The van der Waals surface area contributed by atoms with Crippen molar-refractivity contribution in [1.82, 2.24) is 10.2 Å². The van der Waals surface area contributed by atoms with Gasteiger partial charge in [-0.15, -0.1) is 0 Å². The van der Waals surface area contributed by atoms with E-state index in [1.165, 1.54) is 12.8 Å². The van der Waals surface area contributed by atoms with E-state index < -0.39 is 0 Å². The maximum atomic E-state index is 5.13. The highest BCUT2D eigenvalue weighted by Gasteiger charge is 2.13. The Morgan fingerprint density at radius 1 is 1.21 bits per heavy atom. The van der Waals surface area contributed by atoms with Crippen LogP contribution in [0.3, 0.4) is 0 Å². The van der Waals surface area contributed by atoms with Gasteiger partial charge < -0.3 is 10.1 Å². The van der Waals surface area contributed by atoms with Crippen molar-refractivity contribution in [3.63, 3.8) is 0 Å². The molecule has 0 saturated carbocycles. The highest BCUT2D eigenvalue weighted by atomic mass is 16.5. The van der Waals surface area contributed by atoms with Gasteiger partial charge in [0.2, 0.25) is 0 Å². The molecular weight excluding hydrogens is 176 g/mol. The number of rotatable bonds is 9. The standard InChI is InChI=1S/C11H26N2O/c1-5-11(6-2)13(8-7-12-3)9-10-14-4/h11-12H,5-10H2,1-4H3. The van der Waals surface area contributed by atoms with Gasteiger partial charge in [0.1, 0.15) is 0 Å². The molecule has 0 spiro atoms. The lowest BCUT2D eigenvalue weighted by atomic mass is 10.1. The predicted octanol–water partition coefficient (Wildman–Crippen LogP) is 1.34. The van der Waals surface area contributed by atoms with Crippen LogP contribution in [0.25, 0.3) is 0 Å². The van der Waals surface area contributed by atoms with E-state index in [2.05, 4.69) is 24.1 Å². The monoisotopic (exact) mass is 202 g/mol. The van der Waals surface area contributed by atoms with Crippen LogP contribution in [0.15, 0.2) is 0 Å². The second kappa shape index (κ2) is 9.44. The zero-order valence-electron chi connectivity index (χ0n) is 10.2. The van der Waals surface area contributed by atoms with Crippen LogP contribution in [-0.2, 0) is 4.74 Å². The Morgan fingerprint density at radius 3 is 2.29 bits per heavy atom. The second-order valence-electron chi connectivity index (χ2n) is 3.60. The van der Waals surface area contributed by atoms with Crippen LogP contribution in [0.2, 0.25) is 0 Å². The van der Waals surface area contributed by atoms with Crippen LogP contribution in [0.5, 0.6) is 0 Å². The minimum Gasteiger partial charge on any atom is -0.383 e. The summed E-state index contributed by atoms with van der Waals surface area (Å²) in [4.78, 5) is 2.51. The summed E-state index contributed by atoms with van der Waals surface area (Å²) in [6, 6.07) is 0.707. The molecule has 0 fully saturated rings. The number of ether oxygens (including phenoxy) is 1. The van der Waals surface area contributed by atoms with Gasteiger partial charge in [-0.1, -0.05) is 13.8 Å². The topological polar surface area (TPSA) is 24.5 Å². The molecule has 0 heterocycles. The molecule has 14 heavy (non-hydrogen) atoms. The molecule has 0 radical (unpaired) electrons. The van der Waals surface area contributed by atoms with Gasteiger partial charge in [0.05, 0.1) is 6.61 Å². The summed E-state index contributed by atoms with van der Waals surface area (Å²) in [5.41, 5.74) is 0. The number of methoxy groups -OCH3 is 1. The molecule has 0 aromatic heterocycles. The number of nitrogens with one attached hydrogen (secondary N) is 1. The molecule has 3 heteroatoms. The molecule has 0 saturated heterocycles. The summed E-state index contributed by atoms with van der Waals surface area (Å²) in [6.45, 7) is 8.57. The van der Waals surface area contributed by atoms with Gasteiger partial charge in [0.15, 0.2) is 0 Å². The third-order valence-corrected chi connectivity index (χ3v) is 2.69. The second-order valence-corrected chi connectivity index (χ2v) is 3.60. The highest BCUT2D eigenvalue weighted by molar-refractivity contribution is 4.69. The summed E-state index contributed by atoms with van der Waals surface area (Å²) in [6.07, 6.45) is 2.45. The van der Waals surface area contributed by atoms with Gasteiger partial charge in [0.25, 0.3) is 0 Å². The smallest absolute Gasteiger partial charge is 0.0589 e. The minimum absolute atomic E-state index is 0.707. The Morgan fingerprint density at radius 2 is 1.86 bits per heavy atom. The van der Waals surface area contributed by atoms with Gasteiger partial charge >= 0.3 is 0 Å². The first kappa shape index (κ1) is 13.9. The average Bonchev–Trinajstić information content (AvgIpc) is 2.22. The molecule has 0 rings (SSSR count). The molecule has 0 aliphatic heterocycles. The quantitative estimate of drug-likeness (QED) is 0.611. The molecule has 86 valence electrons. The predicted molar refractivity (Wildman–Crippen MR) is 61.7 cm³/mol. The maximum absolute atomic E-state index is 5.13. The molecule has 1 N–H and O–H groups in total.